The molecule has 0 unspecified atom stereocenters. The second-order valence-corrected chi connectivity index (χ2v) is 2.83. The molecular formula is C8H9BrN2O. The van der Waals surface area contributed by atoms with E-state index in [-0.39, 0.29) is 5.91 Å². The lowest BCUT2D eigenvalue weighted by Crippen LogP contribution is -2.23. The van der Waals surface area contributed by atoms with Gasteiger partial charge in [0.2, 0.25) is 5.91 Å². The summed E-state index contributed by atoms with van der Waals surface area (Å²) in [6.45, 7) is 0.540. The Kier molecular flexibility index (Phi) is 3.73. The number of rotatable bonds is 3. The molecule has 3 nitrogen and oxygen atoms in total. The zero-order chi connectivity index (χ0) is 8.81. The van der Waals surface area contributed by atoms with Gasteiger partial charge in [0.1, 0.15) is 0 Å². The summed E-state index contributed by atoms with van der Waals surface area (Å²) in [7, 11) is 0. The molecule has 0 fully saturated rings. The van der Waals surface area contributed by atoms with E-state index in [9.17, 15) is 4.79 Å². The van der Waals surface area contributed by atoms with E-state index in [1.165, 1.54) is 0 Å². The Morgan fingerprint density at radius 2 is 2.50 bits per heavy atom. The molecule has 0 bridgehead atoms. The van der Waals surface area contributed by atoms with Gasteiger partial charge in [-0.15, -0.1) is 0 Å². The summed E-state index contributed by atoms with van der Waals surface area (Å²) in [6.07, 6.45) is 3.43. The highest BCUT2D eigenvalue weighted by molar-refractivity contribution is 9.09. The average Bonchev–Trinajstić information content (AvgIpc) is 2.16. The first-order chi connectivity index (χ1) is 5.83. The van der Waals surface area contributed by atoms with Crippen LogP contribution in [0, 0.1) is 0 Å². The van der Waals surface area contributed by atoms with Crippen LogP contribution >= 0.6 is 15.9 Å². The van der Waals surface area contributed by atoms with Gasteiger partial charge < -0.3 is 5.32 Å². The van der Waals surface area contributed by atoms with Crippen LogP contribution in [0.3, 0.4) is 0 Å². The van der Waals surface area contributed by atoms with Crippen molar-refractivity contribution in [1.29, 1.82) is 0 Å². The molecule has 0 aromatic carbocycles. The molecule has 1 rings (SSSR count). The van der Waals surface area contributed by atoms with Crippen LogP contribution in [-0.4, -0.2) is 16.2 Å². The number of amides is 1. The van der Waals surface area contributed by atoms with E-state index >= 15 is 0 Å². The molecule has 0 saturated carbocycles. The normalized spacial score (nSPS) is 9.42. The number of hydrogen-bond donors (Lipinski definition) is 1. The van der Waals surface area contributed by atoms with Crippen LogP contribution in [0.2, 0.25) is 0 Å². The maximum absolute atomic E-state index is 10.8. The molecule has 1 aromatic heterocycles. The maximum atomic E-state index is 10.8. The van der Waals surface area contributed by atoms with Crippen molar-refractivity contribution >= 4 is 21.8 Å². The molecule has 12 heavy (non-hydrogen) atoms. The predicted octanol–water partition coefficient (Wildman–Crippen LogP) is 1.09. The molecule has 0 saturated heterocycles. The van der Waals surface area contributed by atoms with Crippen molar-refractivity contribution in [1.82, 2.24) is 10.3 Å². The van der Waals surface area contributed by atoms with E-state index in [1.54, 1.807) is 12.4 Å². The largest absolute Gasteiger partial charge is 0.351 e. The van der Waals surface area contributed by atoms with Gasteiger partial charge in [-0.2, -0.15) is 0 Å². The summed E-state index contributed by atoms with van der Waals surface area (Å²) in [5.74, 6) is -0.0150. The van der Waals surface area contributed by atoms with Crippen molar-refractivity contribution in [3.63, 3.8) is 0 Å². The summed E-state index contributed by atoms with van der Waals surface area (Å²) in [5.41, 5.74) is 1.01. The Hall–Kier alpha value is -0.900. The monoisotopic (exact) mass is 228 g/mol. The topological polar surface area (TPSA) is 42.0 Å². The first-order valence-corrected chi connectivity index (χ1v) is 4.66. The van der Waals surface area contributed by atoms with Gasteiger partial charge >= 0.3 is 0 Å². The lowest BCUT2D eigenvalue weighted by molar-refractivity contribution is -0.118. The van der Waals surface area contributed by atoms with E-state index in [0.717, 1.165) is 5.56 Å². The van der Waals surface area contributed by atoms with Crippen LogP contribution < -0.4 is 5.32 Å². The molecule has 0 atom stereocenters. The molecule has 1 aromatic rings. The summed E-state index contributed by atoms with van der Waals surface area (Å²) in [4.78, 5) is 14.7. The smallest absolute Gasteiger partial charge is 0.230 e. The number of nitrogens with one attached hydrogen (secondary N) is 1. The third-order valence-electron chi connectivity index (χ3n) is 1.33. The molecule has 0 aliphatic rings. The zero-order valence-corrected chi connectivity index (χ0v) is 8.04. The standard InChI is InChI=1S/C8H9BrN2O/c9-4-8(12)11-6-7-2-1-3-10-5-7/h1-3,5H,4,6H2,(H,11,12). The molecule has 4 heteroatoms. The third kappa shape index (κ3) is 3.00. The summed E-state index contributed by atoms with van der Waals surface area (Å²) < 4.78 is 0. The number of halogens is 1. The molecule has 0 radical (unpaired) electrons. The zero-order valence-electron chi connectivity index (χ0n) is 6.46. The van der Waals surface area contributed by atoms with Crippen molar-refractivity contribution < 1.29 is 4.79 Å². The van der Waals surface area contributed by atoms with E-state index in [4.69, 9.17) is 0 Å². The van der Waals surface area contributed by atoms with Crippen molar-refractivity contribution in [3.05, 3.63) is 30.1 Å². The van der Waals surface area contributed by atoms with Crippen LogP contribution in [-0.2, 0) is 11.3 Å². The average molecular weight is 229 g/mol. The second-order valence-electron chi connectivity index (χ2n) is 2.27. The molecule has 0 aliphatic heterocycles. The highest BCUT2D eigenvalue weighted by atomic mass is 79.9. The Labute approximate surface area is 79.3 Å². The van der Waals surface area contributed by atoms with Crippen LogP contribution in [0.15, 0.2) is 24.5 Å². The first-order valence-electron chi connectivity index (χ1n) is 3.54. The number of alkyl halides is 1. The highest BCUT2D eigenvalue weighted by Crippen LogP contribution is 1.94. The molecule has 0 aliphatic carbocycles. The highest BCUT2D eigenvalue weighted by Gasteiger charge is 1.96. The molecular weight excluding hydrogens is 220 g/mol. The minimum Gasteiger partial charge on any atom is -0.351 e. The van der Waals surface area contributed by atoms with Crippen molar-refractivity contribution in [2.45, 2.75) is 6.54 Å². The Bertz CT molecular complexity index is 250. The summed E-state index contributed by atoms with van der Waals surface area (Å²) in [6, 6.07) is 3.76. The van der Waals surface area contributed by atoms with Gasteiger partial charge in [-0.05, 0) is 11.6 Å². The van der Waals surface area contributed by atoms with Crippen LogP contribution in [0.1, 0.15) is 5.56 Å². The molecule has 1 amide bonds. The number of nitrogens with zero attached hydrogens (tertiary/aromatic N) is 1. The minimum absolute atomic E-state index is 0.0150. The number of pyridine rings is 1. The SMILES string of the molecule is O=C(CBr)NCc1cccnc1. The number of carbonyl (C=O) groups is 1. The van der Waals surface area contributed by atoms with E-state index in [0.29, 0.717) is 11.9 Å². The minimum atomic E-state index is -0.0150. The first kappa shape index (κ1) is 9.19. The van der Waals surface area contributed by atoms with Gasteiger partial charge in [0.15, 0.2) is 0 Å². The van der Waals surface area contributed by atoms with Gasteiger partial charge in [0, 0.05) is 18.9 Å². The summed E-state index contributed by atoms with van der Waals surface area (Å²) in [5, 5.41) is 3.06. The lowest BCUT2D eigenvalue weighted by atomic mass is 10.3. The number of hydrogen-bond acceptors (Lipinski definition) is 2. The second kappa shape index (κ2) is 4.87. The number of aromatic nitrogens is 1. The number of carbonyl (C=O) groups excluding carboxylic acids is 1. The fourth-order valence-corrected chi connectivity index (χ4v) is 0.949. The van der Waals surface area contributed by atoms with E-state index in [2.05, 4.69) is 26.2 Å². The van der Waals surface area contributed by atoms with Gasteiger partial charge in [-0.25, -0.2) is 0 Å². The van der Waals surface area contributed by atoms with Gasteiger partial charge in [0.25, 0.3) is 0 Å². The fourth-order valence-electron chi connectivity index (χ4n) is 0.751. The van der Waals surface area contributed by atoms with Crippen molar-refractivity contribution in [3.8, 4) is 0 Å². The van der Waals surface area contributed by atoms with Crippen molar-refractivity contribution in [2.24, 2.45) is 0 Å². The van der Waals surface area contributed by atoms with Crippen LogP contribution in [0.5, 0.6) is 0 Å². The molecule has 0 spiro atoms. The van der Waals surface area contributed by atoms with Crippen LogP contribution in [0.25, 0.3) is 0 Å². The summed E-state index contributed by atoms with van der Waals surface area (Å²) >= 11 is 3.06. The Morgan fingerprint density at radius 3 is 3.08 bits per heavy atom. The van der Waals surface area contributed by atoms with Crippen LogP contribution in [0.4, 0.5) is 0 Å². The third-order valence-corrected chi connectivity index (χ3v) is 1.84. The predicted molar refractivity (Wildman–Crippen MR) is 49.9 cm³/mol. The fraction of sp³-hybridized carbons (Fsp3) is 0.250. The van der Waals surface area contributed by atoms with Crippen molar-refractivity contribution in [2.75, 3.05) is 5.33 Å². The van der Waals surface area contributed by atoms with E-state index in [1.807, 2.05) is 12.1 Å². The Balaban J connectivity index is 2.38. The quantitative estimate of drug-likeness (QED) is 0.788. The molecule has 64 valence electrons. The van der Waals surface area contributed by atoms with Gasteiger partial charge in [0.05, 0.1) is 5.33 Å². The Morgan fingerprint density at radius 1 is 1.67 bits per heavy atom. The molecule has 1 N–H and O–H groups in total. The molecule has 1 heterocycles. The lowest BCUT2D eigenvalue weighted by Gasteiger charge is -2.01. The van der Waals surface area contributed by atoms with Gasteiger partial charge in [-0.1, -0.05) is 22.0 Å². The van der Waals surface area contributed by atoms with Gasteiger partial charge in [-0.3, -0.25) is 9.78 Å². The maximum Gasteiger partial charge on any atom is 0.230 e. The van der Waals surface area contributed by atoms with E-state index < -0.39 is 0 Å².